The molecule has 0 unspecified atom stereocenters. The number of hydrogen-bond donors (Lipinski definition) is 2. The smallest absolute Gasteiger partial charge is 0.266 e. The molecule has 3 aliphatic rings. The molecule has 1 aromatic heterocycles. The highest BCUT2D eigenvalue weighted by Gasteiger charge is 2.32. The SMILES string of the molecule is CC(C)c1nc(N2CCN(C3=c4cc(F)cc(-c5ccc(N6C[C@H](O)CC6=O)c(F)c5)c4=NCN3)C[C@@H]2C)no1. The minimum Gasteiger partial charge on any atom is -0.391 e. The van der Waals surface area contributed by atoms with Crippen LogP contribution in [0.1, 0.15) is 39.0 Å². The molecule has 0 bridgehead atoms. The predicted octanol–water partition coefficient (Wildman–Crippen LogP) is 1.69. The molecule has 1 amide bonds. The zero-order valence-electron chi connectivity index (χ0n) is 22.6. The Labute approximate surface area is 229 Å². The van der Waals surface area contributed by atoms with Gasteiger partial charge in [-0.15, -0.1) is 0 Å². The minimum atomic E-state index is -0.823. The molecular formula is C28H31F2N7O3. The molecule has 2 fully saturated rings. The van der Waals surface area contributed by atoms with Crippen molar-refractivity contribution in [3.8, 4) is 11.1 Å². The topological polar surface area (TPSA) is 110 Å². The van der Waals surface area contributed by atoms with Crippen molar-refractivity contribution in [2.75, 3.05) is 42.6 Å². The molecule has 2 N–H and O–H groups in total. The van der Waals surface area contributed by atoms with Crippen molar-refractivity contribution in [2.24, 2.45) is 4.99 Å². The zero-order valence-corrected chi connectivity index (χ0v) is 22.6. The lowest BCUT2D eigenvalue weighted by atomic mass is 10.0. The number of amides is 1. The summed E-state index contributed by atoms with van der Waals surface area (Å²) in [6.45, 7) is 8.35. The van der Waals surface area contributed by atoms with Gasteiger partial charge in [0.05, 0.1) is 30.1 Å². The van der Waals surface area contributed by atoms with E-state index in [4.69, 9.17) is 4.52 Å². The lowest BCUT2D eigenvalue weighted by Gasteiger charge is -2.41. The average Bonchev–Trinajstić information content (AvgIpc) is 3.54. The van der Waals surface area contributed by atoms with Gasteiger partial charge in [0, 0.05) is 42.4 Å². The Kier molecular flexibility index (Phi) is 6.65. The molecule has 3 aliphatic heterocycles. The van der Waals surface area contributed by atoms with E-state index in [0.717, 1.165) is 5.82 Å². The number of anilines is 2. The molecule has 4 heterocycles. The van der Waals surface area contributed by atoms with Crippen LogP contribution in [0.25, 0.3) is 16.9 Å². The summed E-state index contributed by atoms with van der Waals surface area (Å²) in [5.41, 5.74) is 1.01. The van der Waals surface area contributed by atoms with Gasteiger partial charge in [0.15, 0.2) is 0 Å². The first-order valence-electron chi connectivity index (χ1n) is 13.5. The number of hydrogen-bond acceptors (Lipinski definition) is 9. The van der Waals surface area contributed by atoms with Crippen molar-refractivity contribution in [1.29, 1.82) is 0 Å². The lowest BCUT2D eigenvalue weighted by Crippen LogP contribution is -2.56. The number of rotatable bonds is 5. The van der Waals surface area contributed by atoms with Crippen molar-refractivity contribution >= 4 is 23.4 Å². The maximum Gasteiger partial charge on any atom is 0.266 e. The van der Waals surface area contributed by atoms with Crippen molar-refractivity contribution in [2.45, 2.75) is 45.3 Å². The number of carbonyl (C=O) groups excluding carboxylic acids is 1. The van der Waals surface area contributed by atoms with Crippen LogP contribution in [0.5, 0.6) is 0 Å². The Morgan fingerprint density at radius 3 is 2.65 bits per heavy atom. The van der Waals surface area contributed by atoms with Crippen LogP contribution in [0.4, 0.5) is 20.4 Å². The third kappa shape index (κ3) is 4.66. The summed E-state index contributed by atoms with van der Waals surface area (Å²) >= 11 is 0. The summed E-state index contributed by atoms with van der Waals surface area (Å²) < 4.78 is 35.6. The minimum absolute atomic E-state index is 0.0376. The lowest BCUT2D eigenvalue weighted by molar-refractivity contribution is -0.117. The van der Waals surface area contributed by atoms with Gasteiger partial charge in [0.2, 0.25) is 11.8 Å². The first-order valence-corrected chi connectivity index (χ1v) is 13.5. The molecule has 0 radical (unpaired) electrons. The Hall–Kier alpha value is -4.06. The molecule has 210 valence electrons. The third-order valence-corrected chi connectivity index (χ3v) is 7.59. The van der Waals surface area contributed by atoms with Crippen LogP contribution in [0.2, 0.25) is 0 Å². The number of aromatic nitrogens is 2. The molecular weight excluding hydrogens is 520 g/mol. The van der Waals surface area contributed by atoms with Crippen molar-refractivity contribution in [3.63, 3.8) is 0 Å². The van der Waals surface area contributed by atoms with Crippen LogP contribution >= 0.6 is 0 Å². The van der Waals surface area contributed by atoms with E-state index in [1.807, 2.05) is 13.8 Å². The van der Waals surface area contributed by atoms with E-state index in [1.54, 1.807) is 6.07 Å². The van der Waals surface area contributed by atoms with Gasteiger partial charge in [-0.1, -0.05) is 19.9 Å². The molecule has 2 aromatic carbocycles. The largest absolute Gasteiger partial charge is 0.391 e. The van der Waals surface area contributed by atoms with E-state index >= 15 is 8.78 Å². The van der Waals surface area contributed by atoms with E-state index in [0.29, 0.717) is 59.8 Å². The average molecular weight is 552 g/mol. The quantitative estimate of drug-likeness (QED) is 0.493. The number of piperazine rings is 1. The number of nitrogens with zero attached hydrogens (tertiary/aromatic N) is 6. The van der Waals surface area contributed by atoms with Gasteiger partial charge in [-0.2, -0.15) is 4.98 Å². The number of aliphatic hydroxyl groups excluding tert-OH is 1. The number of benzene rings is 2. The van der Waals surface area contributed by atoms with Gasteiger partial charge >= 0.3 is 0 Å². The van der Waals surface area contributed by atoms with E-state index in [-0.39, 0.29) is 36.5 Å². The second kappa shape index (κ2) is 10.2. The Bertz CT molecular complexity index is 1590. The van der Waals surface area contributed by atoms with E-state index in [2.05, 4.69) is 37.2 Å². The molecule has 40 heavy (non-hydrogen) atoms. The molecule has 10 nitrogen and oxygen atoms in total. The molecule has 2 atom stereocenters. The summed E-state index contributed by atoms with van der Waals surface area (Å²) in [5, 5.41) is 18.4. The summed E-state index contributed by atoms with van der Waals surface area (Å²) in [5.74, 6) is 0.649. The standard InChI is InChI=1S/C28H31F2N7O3/c1-15(2)27-33-28(34-40-27)36-7-6-35(12-16(36)3)26-21-10-18(29)9-20(25(21)31-14-32-26)17-4-5-23(22(30)8-17)37-13-19(38)11-24(37)39/h4-5,8-10,15-16,19,32,38H,6-7,11-14H2,1-3H3/t16-,19+/m0/s1. The summed E-state index contributed by atoms with van der Waals surface area (Å²) in [7, 11) is 0. The zero-order chi connectivity index (χ0) is 28.1. The van der Waals surface area contributed by atoms with Gasteiger partial charge in [0.1, 0.15) is 24.1 Å². The first kappa shape index (κ1) is 26.2. The van der Waals surface area contributed by atoms with Crippen LogP contribution in [0, 0.1) is 11.6 Å². The van der Waals surface area contributed by atoms with Crippen molar-refractivity contribution in [1.82, 2.24) is 20.4 Å². The molecule has 0 saturated carbocycles. The highest BCUT2D eigenvalue weighted by Crippen LogP contribution is 2.29. The number of aliphatic hydroxyl groups is 1. The second-order valence-corrected chi connectivity index (χ2v) is 10.8. The number of β-amino-alcohol motifs (C(OH)–C–C–N with tert-alkyl or cyclic N) is 1. The fraction of sp³-hybridized carbons (Fsp3) is 0.429. The first-order chi connectivity index (χ1) is 19.2. The Balaban J connectivity index is 1.32. The van der Waals surface area contributed by atoms with Crippen LogP contribution < -0.4 is 25.7 Å². The summed E-state index contributed by atoms with van der Waals surface area (Å²) in [6, 6.07) is 7.30. The second-order valence-electron chi connectivity index (χ2n) is 10.8. The molecule has 3 aromatic rings. The molecule has 6 rings (SSSR count). The fourth-order valence-corrected chi connectivity index (χ4v) is 5.59. The van der Waals surface area contributed by atoms with E-state index < -0.39 is 17.7 Å². The molecule has 12 heteroatoms. The maximum atomic E-state index is 15.2. The third-order valence-electron chi connectivity index (χ3n) is 7.59. The van der Waals surface area contributed by atoms with Crippen molar-refractivity contribution in [3.05, 3.63) is 58.4 Å². The Morgan fingerprint density at radius 2 is 1.98 bits per heavy atom. The Morgan fingerprint density at radius 1 is 1.15 bits per heavy atom. The van der Waals surface area contributed by atoms with Crippen molar-refractivity contribution < 1.29 is 23.2 Å². The predicted molar refractivity (Wildman–Crippen MR) is 144 cm³/mol. The number of carbonyl (C=O) groups is 1. The van der Waals surface area contributed by atoms with Gasteiger partial charge in [-0.05, 0) is 41.9 Å². The fourth-order valence-electron chi connectivity index (χ4n) is 5.59. The van der Waals surface area contributed by atoms with E-state index in [9.17, 15) is 9.90 Å². The van der Waals surface area contributed by atoms with E-state index in [1.165, 1.54) is 29.2 Å². The van der Waals surface area contributed by atoms with Crippen LogP contribution in [-0.2, 0) is 4.79 Å². The van der Waals surface area contributed by atoms with Gasteiger partial charge < -0.3 is 29.6 Å². The molecule has 2 saturated heterocycles. The van der Waals surface area contributed by atoms with Crippen LogP contribution in [0.15, 0.2) is 39.8 Å². The van der Waals surface area contributed by atoms with Gasteiger partial charge in [0.25, 0.3) is 5.95 Å². The molecule has 0 aliphatic carbocycles. The highest BCUT2D eigenvalue weighted by atomic mass is 19.1. The molecule has 0 spiro atoms. The number of fused-ring (bicyclic) bond motifs is 1. The van der Waals surface area contributed by atoms with Gasteiger partial charge in [-0.25, -0.2) is 8.78 Å². The van der Waals surface area contributed by atoms with Crippen LogP contribution in [0.3, 0.4) is 0 Å². The van der Waals surface area contributed by atoms with Crippen LogP contribution in [-0.4, -0.2) is 71.0 Å². The summed E-state index contributed by atoms with van der Waals surface area (Å²) in [4.78, 5) is 26.8. The normalized spacial score (nSPS) is 21.1. The monoisotopic (exact) mass is 551 g/mol. The summed E-state index contributed by atoms with van der Waals surface area (Å²) in [6.07, 6.45) is -0.860. The van der Waals surface area contributed by atoms with Gasteiger partial charge in [-0.3, -0.25) is 9.79 Å². The highest BCUT2D eigenvalue weighted by molar-refractivity contribution is 5.96. The number of halogens is 2. The maximum absolute atomic E-state index is 15.2. The number of nitrogens with one attached hydrogen (secondary N) is 1.